The van der Waals surface area contributed by atoms with Crippen LogP contribution < -0.4 is 5.32 Å². The second-order valence-corrected chi connectivity index (χ2v) is 14.4. The van der Waals surface area contributed by atoms with E-state index in [-0.39, 0.29) is 37.8 Å². The highest BCUT2D eigenvalue weighted by atomic mass is 16.5. The Labute approximate surface area is 269 Å². The third-order valence-electron chi connectivity index (χ3n) is 9.83. The Morgan fingerprint density at radius 2 is 1.71 bits per heavy atom. The van der Waals surface area contributed by atoms with Crippen molar-refractivity contribution in [1.29, 1.82) is 0 Å². The number of amides is 4. The molecule has 0 bridgehead atoms. The number of carbonyl (C=O) groups excluding carboxylic acids is 4. The highest BCUT2D eigenvalue weighted by Crippen LogP contribution is 2.54. The fourth-order valence-electron chi connectivity index (χ4n) is 7.27. The molecule has 3 saturated heterocycles. The van der Waals surface area contributed by atoms with Crippen LogP contribution in [-0.2, 0) is 25.7 Å². The van der Waals surface area contributed by atoms with E-state index < -0.39 is 5.41 Å². The summed E-state index contributed by atoms with van der Waals surface area (Å²) in [7, 11) is 0. The summed E-state index contributed by atoms with van der Waals surface area (Å²) in [5, 5.41) is 9.55. The SMILES string of the molecule is CC1(C)C[C@@H]1C(=O)N1CC2(CN(C(=O)c3cn[nH]c3)CC2C(=O)NCCOCc2ccccc2)C1.C[C@@H]1C[C@H](C)CN(C=O)C1.[HH].[HH]. The molecule has 4 amide bonds. The summed E-state index contributed by atoms with van der Waals surface area (Å²) in [5.41, 5.74) is 1.21. The van der Waals surface area contributed by atoms with Crippen molar-refractivity contribution in [1.82, 2.24) is 30.2 Å². The number of hydrogen-bond acceptors (Lipinski definition) is 6. The van der Waals surface area contributed by atoms with E-state index in [9.17, 15) is 19.2 Å². The lowest BCUT2D eigenvalue weighted by molar-refractivity contribution is -0.151. The fraction of sp³-hybridized carbons (Fsp3) is 0.618. The number of aromatic nitrogens is 2. The van der Waals surface area contributed by atoms with Gasteiger partial charge in [-0.1, -0.05) is 58.0 Å². The number of nitrogens with zero attached hydrogens (tertiary/aromatic N) is 4. The number of carbonyl (C=O) groups is 4. The molecular weight excluding hydrogens is 572 g/mol. The lowest BCUT2D eigenvalue weighted by Gasteiger charge is -2.50. The molecule has 6 rings (SSSR count). The molecule has 4 atom stereocenters. The van der Waals surface area contributed by atoms with Gasteiger partial charge in [-0.2, -0.15) is 5.10 Å². The van der Waals surface area contributed by atoms with Gasteiger partial charge in [0.1, 0.15) is 0 Å². The van der Waals surface area contributed by atoms with Gasteiger partial charge in [-0.15, -0.1) is 0 Å². The minimum absolute atomic E-state index is 0. The van der Waals surface area contributed by atoms with Crippen LogP contribution in [0.4, 0.5) is 0 Å². The zero-order valence-electron chi connectivity index (χ0n) is 27.0. The normalized spacial score (nSPS) is 26.0. The fourth-order valence-corrected chi connectivity index (χ4v) is 7.27. The van der Waals surface area contributed by atoms with Crippen LogP contribution in [-0.4, -0.2) is 101 Å². The van der Waals surface area contributed by atoms with Crippen LogP contribution in [0, 0.1) is 34.5 Å². The van der Waals surface area contributed by atoms with Crippen LogP contribution in [0.1, 0.15) is 59.3 Å². The predicted molar refractivity (Wildman–Crippen MR) is 173 cm³/mol. The molecule has 2 N–H and O–H groups in total. The first kappa shape index (κ1) is 32.7. The second-order valence-electron chi connectivity index (χ2n) is 14.4. The Hall–Kier alpha value is -3.73. The molecule has 1 spiro atoms. The standard InChI is InChI=1S/C26H33N5O4.C8H15NO.2H2/c1-25(2)10-20(25)24(34)31-16-26(17-31)15-30(23(33)19-11-28-29-12-19)13-21(26)22(32)27-8-9-35-14-18-6-4-3-5-7-18;1-7-3-8(2)5-9(4-7)6-10;;/h3-7,11-12,20-21H,8-10,13-17H2,1-2H3,(H,27,32)(H,28,29);6-8H,3-5H2,1-2H3;2*1H/t20-,21?;7-,8+;;/m1.../s1. The Kier molecular flexibility index (Phi) is 9.96. The molecule has 4 heterocycles. The van der Waals surface area contributed by atoms with E-state index in [4.69, 9.17) is 4.74 Å². The summed E-state index contributed by atoms with van der Waals surface area (Å²) < 4.78 is 5.69. The van der Waals surface area contributed by atoms with E-state index in [0.29, 0.717) is 63.3 Å². The molecule has 1 aromatic heterocycles. The molecule has 1 unspecified atom stereocenters. The molecule has 2 aromatic rings. The van der Waals surface area contributed by atoms with Crippen molar-refractivity contribution in [3.8, 4) is 0 Å². The summed E-state index contributed by atoms with van der Waals surface area (Å²) in [6.45, 7) is 13.6. The van der Waals surface area contributed by atoms with Gasteiger partial charge >= 0.3 is 0 Å². The first-order valence-electron chi connectivity index (χ1n) is 16.2. The molecule has 11 heteroatoms. The highest BCUT2D eigenvalue weighted by molar-refractivity contribution is 5.95. The molecule has 1 saturated carbocycles. The molecule has 4 fully saturated rings. The third kappa shape index (κ3) is 7.74. The summed E-state index contributed by atoms with van der Waals surface area (Å²) in [5.74, 6) is 1.02. The van der Waals surface area contributed by atoms with Crippen molar-refractivity contribution in [2.75, 3.05) is 52.4 Å². The maximum atomic E-state index is 13.2. The summed E-state index contributed by atoms with van der Waals surface area (Å²) in [6.07, 6.45) is 6.21. The quantitative estimate of drug-likeness (QED) is 0.326. The number of ether oxygens (including phenoxy) is 1. The maximum absolute atomic E-state index is 13.2. The van der Waals surface area contributed by atoms with E-state index in [1.54, 1.807) is 11.1 Å². The van der Waals surface area contributed by atoms with Gasteiger partial charge in [0.05, 0.1) is 30.9 Å². The first-order chi connectivity index (χ1) is 21.5. The highest BCUT2D eigenvalue weighted by Gasteiger charge is 2.61. The van der Waals surface area contributed by atoms with Crippen molar-refractivity contribution < 1.29 is 26.8 Å². The Balaban J connectivity index is 0.000000431. The van der Waals surface area contributed by atoms with Gasteiger partial charge in [-0.3, -0.25) is 24.3 Å². The minimum atomic E-state index is -0.414. The molecule has 1 aromatic carbocycles. The molecule has 11 nitrogen and oxygen atoms in total. The van der Waals surface area contributed by atoms with E-state index in [2.05, 4.69) is 43.2 Å². The lowest BCUT2D eigenvalue weighted by Crippen LogP contribution is -2.64. The minimum Gasteiger partial charge on any atom is -0.375 e. The lowest BCUT2D eigenvalue weighted by atomic mass is 9.71. The molecular formula is C34H52N6O5. The molecule has 248 valence electrons. The van der Waals surface area contributed by atoms with Crippen molar-refractivity contribution in [3.05, 3.63) is 53.9 Å². The van der Waals surface area contributed by atoms with Gasteiger partial charge < -0.3 is 24.8 Å². The smallest absolute Gasteiger partial charge is 0.257 e. The monoisotopic (exact) mass is 624 g/mol. The van der Waals surface area contributed by atoms with E-state index in [1.807, 2.05) is 40.1 Å². The van der Waals surface area contributed by atoms with Crippen LogP contribution in [0.3, 0.4) is 0 Å². The van der Waals surface area contributed by atoms with Crippen LogP contribution in [0.5, 0.6) is 0 Å². The summed E-state index contributed by atoms with van der Waals surface area (Å²) in [6, 6.07) is 9.89. The van der Waals surface area contributed by atoms with Gasteiger partial charge in [0.15, 0.2) is 0 Å². The first-order valence-corrected chi connectivity index (χ1v) is 16.2. The van der Waals surface area contributed by atoms with Crippen LogP contribution in [0.15, 0.2) is 42.7 Å². The largest absolute Gasteiger partial charge is 0.375 e. The van der Waals surface area contributed by atoms with Crippen molar-refractivity contribution in [2.24, 2.45) is 34.5 Å². The van der Waals surface area contributed by atoms with Crippen molar-refractivity contribution in [3.63, 3.8) is 0 Å². The summed E-state index contributed by atoms with van der Waals surface area (Å²) >= 11 is 0. The zero-order chi connectivity index (χ0) is 32.2. The van der Waals surface area contributed by atoms with Crippen LogP contribution in [0.25, 0.3) is 0 Å². The number of likely N-dealkylation sites (tertiary alicyclic amines) is 3. The van der Waals surface area contributed by atoms with E-state index in [0.717, 1.165) is 31.5 Å². The Bertz CT molecular complexity index is 1330. The number of nitrogens with one attached hydrogen (secondary N) is 2. The van der Waals surface area contributed by atoms with Crippen molar-refractivity contribution in [2.45, 2.75) is 47.1 Å². The summed E-state index contributed by atoms with van der Waals surface area (Å²) in [4.78, 5) is 55.0. The Morgan fingerprint density at radius 3 is 2.31 bits per heavy atom. The molecule has 1 aliphatic carbocycles. The molecule has 0 radical (unpaired) electrons. The topological polar surface area (TPSA) is 128 Å². The maximum Gasteiger partial charge on any atom is 0.257 e. The van der Waals surface area contributed by atoms with Gasteiger partial charge in [-0.25, -0.2) is 0 Å². The number of aromatic amines is 1. The van der Waals surface area contributed by atoms with E-state index in [1.165, 1.54) is 12.6 Å². The van der Waals surface area contributed by atoms with E-state index >= 15 is 0 Å². The zero-order valence-corrected chi connectivity index (χ0v) is 27.0. The predicted octanol–water partition coefficient (Wildman–Crippen LogP) is 3.30. The molecule has 45 heavy (non-hydrogen) atoms. The average Bonchev–Trinajstić information content (AvgIpc) is 3.37. The number of benzene rings is 1. The number of rotatable bonds is 9. The van der Waals surface area contributed by atoms with Gasteiger partial charge in [0, 0.05) is 66.2 Å². The van der Waals surface area contributed by atoms with Gasteiger partial charge in [0.25, 0.3) is 5.91 Å². The number of hydrogen-bond donors (Lipinski definition) is 2. The molecule has 4 aliphatic rings. The average molecular weight is 625 g/mol. The van der Waals surface area contributed by atoms with Gasteiger partial charge in [0.2, 0.25) is 18.2 Å². The number of piperidine rings is 1. The second kappa shape index (κ2) is 13.7. The van der Waals surface area contributed by atoms with Crippen LogP contribution >= 0.6 is 0 Å². The third-order valence-corrected chi connectivity index (χ3v) is 9.83. The number of H-pyrrole nitrogens is 1. The van der Waals surface area contributed by atoms with Crippen LogP contribution in [0.2, 0.25) is 0 Å². The van der Waals surface area contributed by atoms with Crippen molar-refractivity contribution >= 4 is 24.1 Å². The molecule has 3 aliphatic heterocycles. The van der Waals surface area contributed by atoms with Gasteiger partial charge in [-0.05, 0) is 35.7 Å². The Morgan fingerprint density at radius 1 is 1.04 bits per heavy atom.